The molecule has 2 aromatic carbocycles. The number of hydrogen-bond donors (Lipinski definition) is 1. The Balaban J connectivity index is 1.90. The Bertz CT molecular complexity index is 663. The van der Waals surface area contributed by atoms with Crippen molar-refractivity contribution in [2.45, 2.75) is 0 Å². The molecular formula is C17H15ClN2O. The molecule has 2 aromatic rings. The molecule has 1 heterocycles. The van der Waals surface area contributed by atoms with E-state index in [-0.39, 0.29) is 0 Å². The normalized spacial score (nSPS) is 14.5. The van der Waals surface area contributed by atoms with E-state index in [1.807, 2.05) is 60.7 Å². The van der Waals surface area contributed by atoms with Gasteiger partial charge in [0.05, 0.1) is 12.2 Å². The molecule has 0 saturated carbocycles. The van der Waals surface area contributed by atoms with Crippen molar-refractivity contribution >= 4 is 28.9 Å². The van der Waals surface area contributed by atoms with Crippen molar-refractivity contribution < 1.29 is 4.74 Å². The van der Waals surface area contributed by atoms with Crippen LogP contribution in [0.2, 0.25) is 5.02 Å². The summed E-state index contributed by atoms with van der Waals surface area (Å²) in [6.45, 7) is 1.36. The summed E-state index contributed by atoms with van der Waals surface area (Å²) >= 11 is 5.92. The molecule has 0 bridgehead atoms. The van der Waals surface area contributed by atoms with Crippen molar-refractivity contribution in [3.63, 3.8) is 0 Å². The lowest BCUT2D eigenvalue weighted by atomic mass is 10.1. The number of nitrogens with zero attached hydrogens (tertiary/aromatic N) is 1. The quantitative estimate of drug-likeness (QED) is 0.917. The van der Waals surface area contributed by atoms with Crippen LogP contribution in [-0.2, 0) is 4.74 Å². The van der Waals surface area contributed by atoms with E-state index in [4.69, 9.17) is 16.3 Å². The Morgan fingerprint density at radius 3 is 2.52 bits per heavy atom. The summed E-state index contributed by atoms with van der Waals surface area (Å²) in [5, 5.41) is 4.11. The van der Waals surface area contributed by atoms with Crippen molar-refractivity contribution in [3.05, 3.63) is 71.3 Å². The molecule has 1 N–H and O–H groups in total. The van der Waals surface area contributed by atoms with Crippen LogP contribution in [0, 0.1) is 0 Å². The molecule has 106 valence electrons. The van der Waals surface area contributed by atoms with E-state index in [1.165, 1.54) is 0 Å². The lowest BCUT2D eigenvalue weighted by Crippen LogP contribution is -2.03. The van der Waals surface area contributed by atoms with Gasteiger partial charge in [-0.25, -0.2) is 4.99 Å². The molecule has 3 nitrogen and oxygen atoms in total. The molecule has 0 aliphatic carbocycles. The zero-order valence-electron chi connectivity index (χ0n) is 11.4. The van der Waals surface area contributed by atoms with Crippen molar-refractivity contribution in [1.29, 1.82) is 0 Å². The molecule has 4 heteroatoms. The average molecular weight is 299 g/mol. The standard InChI is InChI=1S/C17H15ClN2O/c18-14-6-8-15(9-7-14)20-16(12-17-19-10-11-21-17)13-4-2-1-3-5-13/h1-9,12,20H,10-11H2/b16-12-. The zero-order chi connectivity index (χ0) is 14.5. The Hall–Kier alpha value is -2.26. The summed E-state index contributed by atoms with van der Waals surface area (Å²) in [5.41, 5.74) is 2.98. The van der Waals surface area contributed by atoms with Crippen LogP contribution in [-0.4, -0.2) is 19.0 Å². The highest BCUT2D eigenvalue weighted by Crippen LogP contribution is 2.21. The van der Waals surface area contributed by atoms with Crippen LogP contribution in [0.25, 0.3) is 5.70 Å². The fourth-order valence-corrected chi connectivity index (χ4v) is 2.19. The van der Waals surface area contributed by atoms with E-state index in [0.29, 0.717) is 17.5 Å². The number of benzene rings is 2. The van der Waals surface area contributed by atoms with Crippen LogP contribution in [0.5, 0.6) is 0 Å². The summed E-state index contributed by atoms with van der Waals surface area (Å²) in [7, 11) is 0. The summed E-state index contributed by atoms with van der Waals surface area (Å²) < 4.78 is 5.47. The van der Waals surface area contributed by atoms with Gasteiger partial charge in [-0.3, -0.25) is 0 Å². The molecule has 0 radical (unpaired) electrons. The molecule has 0 unspecified atom stereocenters. The van der Waals surface area contributed by atoms with Crippen LogP contribution < -0.4 is 5.32 Å². The van der Waals surface area contributed by atoms with Gasteiger partial charge >= 0.3 is 0 Å². The molecule has 3 rings (SSSR count). The smallest absolute Gasteiger partial charge is 0.210 e. The van der Waals surface area contributed by atoms with Crippen LogP contribution in [0.15, 0.2) is 65.7 Å². The van der Waals surface area contributed by atoms with Gasteiger partial charge in [-0.15, -0.1) is 0 Å². The third kappa shape index (κ3) is 3.64. The van der Waals surface area contributed by atoms with Gasteiger partial charge in [-0.2, -0.15) is 0 Å². The van der Waals surface area contributed by atoms with E-state index >= 15 is 0 Å². The minimum absolute atomic E-state index is 0.648. The van der Waals surface area contributed by atoms with Crippen molar-refractivity contribution in [2.75, 3.05) is 18.5 Å². The predicted molar refractivity (Wildman–Crippen MR) is 87.7 cm³/mol. The van der Waals surface area contributed by atoms with Gasteiger partial charge < -0.3 is 10.1 Å². The molecule has 0 fully saturated rings. The summed E-state index contributed by atoms with van der Waals surface area (Å²) in [6, 6.07) is 17.7. The highest BCUT2D eigenvalue weighted by Gasteiger charge is 2.08. The van der Waals surface area contributed by atoms with Gasteiger partial charge in [-0.1, -0.05) is 41.9 Å². The molecule has 0 spiro atoms. The first-order valence-corrected chi connectivity index (χ1v) is 7.16. The zero-order valence-corrected chi connectivity index (χ0v) is 12.2. The maximum Gasteiger partial charge on any atom is 0.210 e. The van der Waals surface area contributed by atoms with Gasteiger partial charge in [0.2, 0.25) is 5.90 Å². The first-order valence-electron chi connectivity index (χ1n) is 6.78. The minimum atomic E-state index is 0.648. The van der Waals surface area contributed by atoms with Crippen molar-refractivity contribution in [2.24, 2.45) is 4.99 Å². The highest BCUT2D eigenvalue weighted by atomic mass is 35.5. The molecule has 0 amide bonds. The maximum absolute atomic E-state index is 5.92. The topological polar surface area (TPSA) is 33.6 Å². The second kappa shape index (κ2) is 6.46. The fourth-order valence-electron chi connectivity index (χ4n) is 2.06. The SMILES string of the molecule is Clc1ccc(N/C(=C\C2=NCCO2)c2ccccc2)cc1. The minimum Gasteiger partial charge on any atom is -0.476 e. The molecule has 1 aliphatic rings. The maximum atomic E-state index is 5.92. The highest BCUT2D eigenvalue weighted by molar-refractivity contribution is 6.30. The number of nitrogens with one attached hydrogen (secondary N) is 1. The number of hydrogen-bond acceptors (Lipinski definition) is 3. The van der Waals surface area contributed by atoms with Crippen LogP contribution in [0.1, 0.15) is 5.56 Å². The van der Waals surface area contributed by atoms with Gasteiger partial charge in [-0.05, 0) is 29.8 Å². The van der Waals surface area contributed by atoms with E-state index in [9.17, 15) is 0 Å². The largest absolute Gasteiger partial charge is 0.476 e. The molecule has 0 aromatic heterocycles. The third-order valence-electron chi connectivity index (χ3n) is 3.08. The van der Waals surface area contributed by atoms with Crippen LogP contribution >= 0.6 is 11.6 Å². The lowest BCUT2D eigenvalue weighted by molar-refractivity contribution is 0.350. The Morgan fingerprint density at radius 2 is 1.86 bits per heavy atom. The number of aliphatic imine (C=N–C) groups is 1. The summed E-state index contributed by atoms with van der Waals surface area (Å²) in [6.07, 6.45) is 1.93. The first kappa shape index (κ1) is 13.7. The third-order valence-corrected chi connectivity index (χ3v) is 3.34. The number of halogens is 1. The monoisotopic (exact) mass is 298 g/mol. The van der Waals surface area contributed by atoms with Gasteiger partial charge in [0.25, 0.3) is 0 Å². The number of rotatable bonds is 4. The number of ether oxygens (including phenoxy) is 1. The van der Waals surface area contributed by atoms with Crippen molar-refractivity contribution in [1.82, 2.24) is 0 Å². The lowest BCUT2D eigenvalue weighted by Gasteiger charge is -2.12. The summed E-state index contributed by atoms with van der Waals surface area (Å²) in [5.74, 6) is 0.662. The first-order chi connectivity index (χ1) is 10.3. The van der Waals surface area contributed by atoms with Gasteiger partial charge in [0.1, 0.15) is 6.61 Å². The molecular weight excluding hydrogens is 284 g/mol. The van der Waals surface area contributed by atoms with Gasteiger partial charge in [0, 0.05) is 16.8 Å². The Labute approximate surface area is 128 Å². The molecule has 21 heavy (non-hydrogen) atoms. The van der Waals surface area contributed by atoms with E-state index in [2.05, 4.69) is 10.3 Å². The van der Waals surface area contributed by atoms with Crippen molar-refractivity contribution in [3.8, 4) is 0 Å². The van der Waals surface area contributed by atoms with E-state index in [0.717, 1.165) is 23.5 Å². The van der Waals surface area contributed by atoms with Gasteiger partial charge in [0.15, 0.2) is 0 Å². The molecule has 0 saturated heterocycles. The fraction of sp³-hybridized carbons (Fsp3) is 0.118. The Morgan fingerprint density at radius 1 is 1.10 bits per heavy atom. The van der Waals surface area contributed by atoms with E-state index in [1.54, 1.807) is 0 Å². The average Bonchev–Trinajstić information content (AvgIpc) is 3.03. The molecule has 1 aliphatic heterocycles. The van der Waals surface area contributed by atoms with Crippen LogP contribution in [0.3, 0.4) is 0 Å². The second-order valence-corrected chi connectivity index (χ2v) is 5.06. The predicted octanol–water partition coefficient (Wildman–Crippen LogP) is 4.22. The Kier molecular flexibility index (Phi) is 4.22. The number of anilines is 1. The summed E-state index contributed by atoms with van der Waals surface area (Å²) in [4.78, 5) is 4.31. The van der Waals surface area contributed by atoms with Crippen LogP contribution in [0.4, 0.5) is 5.69 Å². The van der Waals surface area contributed by atoms with E-state index < -0.39 is 0 Å². The second-order valence-electron chi connectivity index (χ2n) is 4.62. The molecule has 0 atom stereocenters.